The van der Waals surface area contributed by atoms with E-state index in [1.807, 2.05) is 18.2 Å². The Balaban J connectivity index is 1.90. The van der Waals surface area contributed by atoms with Crippen molar-refractivity contribution in [3.05, 3.63) is 18.2 Å². The molecule has 0 unspecified atom stereocenters. The number of anilines is 2. The van der Waals surface area contributed by atoms with E-state index in [1.54, 1.807) is 0 Å². The lowest BCUT2D eigenvalue weighted by atomic mass is 9.79. The lowest BCUT2D eigenvalue weighted by Crippen LogP contribution is -2.53. The Morgan fingerprint density at radius 3 is 2.80 bits per heavy atom. The van der Waals surface area contributed by atoms with Gasteiger partial charge in [-0.3, -0.25) is 4.79 Å². The van der Waals surface area contributed by atoms with E-state index in [0.717, 1.165) is 49.2 Å². The van der Waals surface area contributed by atoms with Gasteiger partial charge in [-0.15, -0.1) is 0 Å². The summed E-state index contributed by atoms with van der Waals surface area (Å²) in [6, 6.07) is 5.91. The van der Waals surface area contributed by atoms with Crippen molar-refractivity contribution < 1.29 is 9.53 Å². The number of benzene rings is 1. The van der Waals surface area contributed by atoms with Crippen LogP contribution in [-0.2, 0) is 4.79 Å². The molecule has 1 aliphatic heterocycles. The molecular formula is C16H22N2O2. The fraction of sp³-hybridized carbons (Fsp3) is 0.562. The predicted octanol–water partition coefficient (Wildman–Crippen LogP) is 3.54. The molecule has 1 amide bonds. The largest absolute Gasteiger partial charge is 0.491 e. The SMILES string of the molecule is CCCOc1cccc2c1NC(=O)C1(CCCCC1)N2. The van der Waals surface area contributed by atoms with Crippen LogP contribution in [0, 0.1) is 0 Å². The Labute approximate surface area is 119 Å². The van der Waals surface area contributed by atoms with Crippen LogP contribution in [0.25, 0.3) is 0 Å². The van der Waals surface area contributed by atoms with Gasteiger partial charge in [0.1, 0.15) is 17.0 Å². The molecule has 0 bridgehead atoms. The van der Waals surface area contributed by atoms with Gasteiger partial charge in [0.15, 0.2) is 0 Å². The number of hydrogen-bond donors (Lipinski definition) is 2. The van der Waals surface area contributed by atoms with Gasteiger partial charge in [-0.25, -0.2) is 0 Å². The van der Waals surface area contributed by atoms with E-state index in [4.69, 9.17) is 4.74 Å². The van der Waals surface area contributed by atoms with Gasteiger partial charge in [0.25, 0.3) is 0 Å². The van der Waals surface area contributed by atoms with Crippen molar-refractivity contribution in [2.75, 3.05) is 17.2 Å². The van der Waals surface area contributed by atoms with E-state index in [-0.39, 0.29) is 5.91 Å². The summed E-state index contributed by atoms with van der Waals surface area (Å²) >= 11 is 0. The number of para-hydroxylation sites is 1. The second-order valence-electron chi connectivity index (χ2n) is 5.75. The molecule has 1 aliphatic carbocycles. The number of fused-ring (bicyclic) bond motifs is 1. The summed E-state index contributed by atoms with van der Waals surface area (Å²) in [7, 11) is 0. The van der Waals surface area contributed by atoms with E-state index >= 15 is 0 Å². The van der Waals surface area contributed by atoms with Gasteiger partial charge in [-0.1, -0.05) is 32.3 Å². The van der Waals surface area contributed by atoms with E-state index < -0.39 is 5.54 Å². The summed E-state index contributed by atoms with van der Waals surface area (Å²) in [5.74, 6) is 0.855. The Kier molecular flexibility index (Phi) is 3.55. The summed E-state index contributed by atoms with van der Waals surface area (Å²) in [5, 5.41) is 6.56. The van der Waals surface area contributed by atoms with Crippen LogP contribution < -0.4 is 15.4 Å². The molecular weight excluding hydrogens is 252 g/mol. The zero-order valence-corrected chi connectivity index (χ0v) is 12.0. The number of carbonyl (C=O) groups excluding carboxylic acids is 1. The molecule has 1 fully saturated rings. The number of carbonyl (C=O) groups is 1. The van der Waals surface area contributed by atoms with Crippen LogP contribution in [0.15, 0.2) is 18.2 Å². The fourth-order valence-electron chi connectivity index (χ4n) is 3.15. The zero-order chi connectivity index (χ0) is 14.0. The highest BCUT2D eigenvalue weighted by Gasteiger charge is 2.43. The first kappa shape index (κ1) is 13.3. The second kappa shape index (κ2) is 5.35. The normalized spacial score (nSPS) is 19.9. The highest BCUT2D eigenvalue weighted by atomic mass is 16.5. The highest BCUT2D eigenvalue weighted by Crippen LogP contribution is 2.42. The highest BCUT2D eigenvalue weighted by molar-refractivity contribution is 6.07. The molecule has 1 spiro atoms. The first-order valence-corrected chi connectivity index (χ1v) is 7.61. The third-order valence-electron chi connectivity index (χ3n) is 4.24. The minimum Gasteiger partial charge on any atom is -0.491 e. The molecule has 0 atom stereocenters. The molecule has 1 aromatic rings. The summed E-state index contributed by atoms with van der Waals surface area (Å²) in [5.41, 5.74) is 1.37. The molecule has 0 saturated heterocycles. The molecule has 1 saturated carbocycles. The molecule has 3 rings (SSSR count). The molecule has 2 aliphatic rings. The lowest BCUT2D eigenvalue weighted by Gasteiger charge is -2.41. The molecule has 4 nitrogen and oxygen atoms in total. The van der Waals surface area contributed by atoms with Gasteiger partial charge < -0.3 is 15.4 Å². The Hall–Kier alpha value is -1.71. The summed E-state index contributed by atoms with van der Waals surface area (Å²) in [6.07, 6.45) is 6.23. The second-order valence-corrected chi connectivity index (χ2v) is 5.75. The number of ether oxygens (including phenoxy) is 1. The number of hydrogen-bond acceptors (Lipinski definition) is 3. The molecule has 108 valence electrons. The lowest BCUT2D eigenvalue weighted by molar-refractivity contribution is -0.121. The van der Waals surface area contributed by atoms with Gasteiger partial charge in [-0.05, 0) is 31.4 Å². The smallest absolute Gasteiger partial charge is 0.250 e. The first-order valence-electron chi connectivity index (χ1n) is 7.61. The van der Waals surface area contributed by atoms with Crippen molar-refractivity contribution in [3.8, 4) is 5.75 Å². The minimum atomic E-state index is -0.408. The first-order chi connectivity index (χ1) is 9.75. The standard InChI is InChI=1S/C16H22N2O2/c1-2-11-20-13-8-6-7-12-14(13)17-15(19)16(18-12)9-4-3-5-10-16/h6-8,18H,2-5,9-11H2,1H3,(H,17,19). The molecule has 2 N–H and O–H groups in total. The summed E-state index contributed by atoms with van der Waals surface area (Å²) in [4.78, 5) is 12.5. The molecule has 4 heteroatoms. The number of amides is 1. The van der Waals surface area contributed by atoms with Crippen molar-refractivity contribution in [1.82, 2.24) is 0 Å². The van der Waals surface area contributed by atoms with Crippen molar-refractivity contribution in [1.29, 1.82) is 0 Å². The minimum absolute atomic E-state index is 0.0947. The topological polar surface area (TPSA) is 50.4 Å². The van der Waals surface area contributed by atoms with E-state index in [2.05, 4.69) is 17.6 Å². The quantitative estimate of drug-likeness (QED) is 0.886. The van der Waals surface area contributed by atoms with Crippen LogP contribution in [0.3, 0.4) is 0 Å². The average Bonchev–Trinajstić information content (AvgIpc) is 2.47. The molecule has 20 heavy (non-hydrogen) atoms. The number of rotatable bonds is 3. The molecule has 1 aromatic carbocycles. The monoisotopic (exact) mass is 274 g/mol. The van der Waals surface area contributed by atoms with Gasteiger partial charge >= 0.3 is 0 Å². The average molecular weight is 274 g/mol. The van der Waals surface area contributed by atoms with Gasteiger partial charge in [0.2, 0.25) is 5.91 Å². The zero-order valence-electron chi connectivity index (χ0n) is 12.0. The van der Waals surface area contributed by atoms with E-state index in [9.17, 15) is 4.79 Å². The maximum absolute atomic E-state index is 12.5. The predicted molar refractivity (Wildman–Crippen MR) is 80.3 cm³/mol. The maximum Gasteiger partial charge on any atom is 0.250 e. The van der Waals surface area contributed by atoms with Gasteiger partial charge in [-0.2, -0.15) is 0 Å². The van der Waals surface area contributed by atoms with Crippen LogP contribution in [0.2, 0.25) is 0 Å². The van der Waals surface area contributed by atoms with E-state index in [1.165, 1.54) is 6.42 Å². The van der Waals surface area contributed by atoms with Gasteiger partial charge in [0, 0.05) is 0 Å². The van der Waals surface area contributed by atoms with Crippen LogP contribution >= 0.6 is 0 Å². The van der Waals surface area contributed by atoms with Crippen molar-refractivity contribution in [2.24, 2.45) is 0 Å². The summed E-state index contributed by atoms with van der Waals surface area (Å²) < 4.78 is 5.72. The Morgan fingerprint density at radius 2 is 2.05 bits per heavy atom. The third-order valence-corrected chi connectivity index (χ3v) is 4.24. The van der Waals surface area contributed by atoms with Gasteiger partial charge in [0.05, 0.1) is 12.3 Å². The molecule has 1 heterocycles. The van der Waals surface area contributed by atoms with Crippen LogP contribution in [0.1, 0.15) is 45.4 Å². The van der Waals surface area contributed by atoms with Crippen LogP contribution in [0.4, 0.5) is 11.4 Å². The summed E-state index contributed by atoms with van der Waals surface area (Å²) in [6.45, 7) is 2.74. The Bertz CT molecular complexity index is 507. The third kappa shape index (κ3) is 2.23. The van der Waals surface area contributed by atoms with Crippen LogP contribution in [0.5, 0.6) is 5.75 Å². The number of nitrogens with one attached hydrogen (secondary N) is 2. The molecule has 0 aromatic heterocycles. The van der Waals surface area contributed by atoms with Crippen molar-refractivity contribution in [3.63, 3.8) is 0 Å². The Morgan fingerprint density at radius 1 is 1.25 bits per heavy atom. The molecule has 0 radical (unpaired) electrons. The van der Waals surface area contributed by atoms with Crippen molar-refractivity contribution >= 4 is 17.3 Å². The van der Waals surface area contributed by atoms with E-state index in [0.29, 0.717) is 6.61 Å². The maximum atomic E-state index is 12.5. The van der Waals surface area contributed by atoms with Crippen molar-refractivity contribution in [2.45, 2.75) is 51.0 Å². The van der Waals surface area contributed by atoms with Crippen LogP contribution in [-0.4, -0.2) is 18.1 Å². The fourth-order valence-corrected chi connectivity index (χ4v) is 3.15.